The van der Waals surface area contributed by atoms with Crippen LogP contribution in [0.4, 0.5) is 0 Å². The third-order valence-electron chi connectivity index (χ3n) is 8.22. The summed E-state index contributed by atoms with van der Waals surface area (Å²) in [6.07, 6.45) is 2.63. The smallest absolute Gasteiger partial charge is 0.253 e. The number of nitriles is 1. The number of fused-ring (bicyclic) bond motifs is 3. The first-order chi connectivity index (χ1) is 16.2. The van der Waals surface area contributed by atoms with Crippen molar-refractivity contribution in [3.05, 3.63) is 35.4 Å². The van der Waals surface area contributed by atoms with Gasteiger partial charge in [0.2, 0.25) is 11.8 Å². The molecule has 0 radical (unpaired) electrons. The van der Waals surface area contributed by atoms with Crippen molar-refractivity contribution in [1.82, 2.24) is 19.6 Å². The van der Waals surface area contributed by atoms with E-state index in [1.54, 1.807) is 19.0 Å². The second kappa shape index (κ2) is 8.38. The van der Waals surface area contributed by atoms with E-state index in [4.69, 9.17) is 0 Å². The molecule has 3 amide bonds. The Morgan fingerprint density at radius 2 is 1.85 bits per heavy atom. The maximum Gasteiger partial charge on any atom is 0.253 e. The van der Waals surface area contributed by atoms with Gasteiger partial charge in [0.15, 0.2) is 0 Å². The zero-order valence-corrected chi connectivity index (χ0v) is 20.3. The SMILES string of the molecule is C[C@H](c1ccc(C(=O)N(C)C)cc1)N1C(=O)[C@@H]2C[C@H]1CN2C[C@H](C)C(=O)N1C2C[C@H]2C[C@H]1C#N. The molecule has 4 fully saturated rings. The average molecular weight is 464 g/mol. The fourth-order valence-corrected chi connectivity index (χ4v) is 6.30. The highest BCUT2D eigenvalue weighted by Crippen LogP contribution is 2.48. The van der Waals surface area contributed by atoms with Gasteiger partial charge in [-0.15, -0.1) is 0 Å². The number of hydrogen-bond donors (Lipinski definition) is 0. The van der Waals surface area contributed by atoms with E-state index in [0.29, 0.717) is 18.0 Å². The van der Waals surface area contributed by atoms with Crippen molar-refractivity contribution in [3.8, 4) is 6.07 Å². The topological polar surface area (TPSA) is 88.0 Å². The summed E-state index contributed by atoms with van der Waals surface area (Å²) in [7, 11) is 3.46. The predicted molar refractivity (Wildman–Crippen MR) is 125 cm³/mol. The molecule has 1 aromatic rings. The van der Waals surface area contributed by atoms with E-state index in [0.717, 1.165) is 31.4 Å². The van der Waals surface area contributed by atoms with E-state index < -0.39 is 0 Å². The minimum absolute atomic E-state index is 0.0398. The molecule has 7 atom stereocenters. The lowest BCUT2D eigenvalue weighted by molar-refractivity contribution is -0.142. The summed E-state index contributed by atoms with van der Waals surface area (Å²) in [6.45, 7) is 5.30. The molecule has 1 unspecified atom stereocenters. The van der Waals surface area contributed by atoms with Gasteiger partial charge in [-0.25, -0.2) is 0 Å². The Balaban J connectivity index is 1.21. The molecule has 34 heavy (non-hydrogen) atoms. The van der Waals surface area contributed by atoms with Gasteiger partial charge in [0.05, 0.1) is 18.2 Å². The fraction of sp³-hybridized carbons (Fsp3) is 0.615. The van der Waals surface area contributed by atoms with Gasteiger partial charge in [-0.3, -0.25) is 19.3 Å². The number of carbonyl (C=O) groups is 3. The van der Waals surface area contributed by atoms with Gasteiger partial charge < -0.3 is 14.7 Å². The summed E-state index contributed by atoms with van der Waals surface area (Å²) in [5, 5.41) is 9.43. The van der Waals surface area contributed by atoms with E-state index in [-0.39, 0.29) is 53.8 Å². The number of nitrogens with zero attached hydrogens (tertiary/aromatic N) is 5. The van der Waals surface area contributed by atoms with Gasteiger partial charge >= 0.3 is 0 Å². The predicted octanol–water partition coefficient (Wildman–Crippen LogP) is 1.88. The molecule has 1 aromatic carbocycles. The lowest BCUT2D eigenvalue weighted by Gasteiger charge is -2.38. The Labute approximate surface area is 201 Å². The Hall–Kier alpha value is -2.92. The van der Waals surface area contributed by atoms with Crippen LogP contribution in [-0.2, 0) is 9.59 Å². The molecule has 1 aliphatic carbocycles. The molecular weight excluding hydrogens is 430 g/mol. The van der Waals surface area contributed by atoms with Crippen molar-refractivity contribution in [1.29, 1.82) is 5.26 Å². The van der Waals surface area contributed by atoms with Crippen LogP contribution in [0.5, 0.6) is 0 Å². The van der Waals surface area contributed by atoms with Gasteiger partial charge in [0, 0.05) is 50.7 Å². The first-order valence-electron chi connectivity index (χ1n) is 12.3. The van der Waals surface area contributed by atoms with Crippen molar-refractivity contribution in [2.75, 3.05) is 27.2 Å². The van der Waals surface area contributed by atoms with Gasteiger partial charge in [-0.2, -0.15) is 5.26 Å². The highest BCUT2D eigenvalue weighted by molar-refractivity contribution is 5.94. The molecule has 3 aliphatic heterocycles. The van der Waals surface area contributed by atoms with Crippen molar-refractivity contribution in [2.24, 2.45) is 11.8 Å². The molecular formula is C26H33N5O3. The number of carbonyl (C=O) groups excluding carboxylic acids is 3. The van der Waals surface area contributed by atoms with Gasteiger partial charge in [0.1, 0.15) is 6.04 Å². The maximum absolute atomic E-state index is 13.3. The number of rotatable bonds is 6. The number of piperazine rings is 1. The third-order valence-corrected chi connectivity index (χ3v) is 8.22. The average Bonchev–Trinajstić information content (AvgIpc) is 3.15. The molecule has 8 heteroatoms. The molecule has 3 saturated heterocycles. The lowest BCUT2D eigenvalue weighted by Crippen LogP contribution is -2.53. The minimum Gasteiger partial charge on any atom is -0.345 e. The number of hydrogen-bond acceptors (Lipinski definition) is 5. The molecule has 0 spiro atoms. The van der Waals surface area contributed by atoms with Crippen molar-refractivity contribution in [2.45, 2.75) is 63.3 Å². The number of amides is 3. The van der Waals surface area contributed by atoms with Crippen LogP contribution < -0.4 is 0 Å². The second-order valence-corrected chi connectivity index (χ2v) is 10.7. The summed E-state index contributed by atoms with van der Waals surface area (Å²) >= 11 is 0. The standard InChI is InChI=1S/C26H33N5O3/c1-15(24(32)31-20(12-27)9-19-10-22(19)31)13-29-14-21-11-23(29)26(34)30(21)16(2)17-5-7-18(8-6-17)25(33)28(3)4/h5-8,15-16,19-23H,9-11,13-14H2,1-4H3/t15-,16+,19+,20-,21-,22?,23-/m0/s1. The van der Waals surface area contributed by atoms with E-state index in [2.05, 4.69) is 11.0 Å². The minimum atomic E-state index is -0.286. The molecule has 0 aromatic heterocycles. The first-order valence-corrected chi connectivity index (χ1v) is 12.3. The fourth-order valence-electron chi connectivity index (χ4n) is 6.30. The van der Waals surface area contributed by atoms with Crippen LogP contribution in [0.1, 0.15) is 55.1 Å². The summed E-state index contributed by atoms with van der Waals surface area (Å²) in [5.41, 5.74) is 1.65. The Bertz CT molecular complexity index is 1050. The van der Waals surface area contributed by atoms with Gasteiger partial charge in [-0.1, -0.05) is 19.1 Å². The van der Waals surface area contributed by atoms with Crippen LogP contribution in [-0.4, -0.2) is 88.7 Å². The lowest BCUT2D eigenvalue weighted by atomic mass is 10.0. The van der Waals surface area contributed by atoms with Gasteiger partial charge in [0.25, 0.3) is 5.91 Å². The zero-order chi connectivity index (χ0) is 24.3. The number of likely N-dealkylation sites (tertiary alicyclic amines) is 3. The maximum atomic E-state index is 13.3. The van der Waals surface area contributed by atoms with Crippen LogP contribution in [0.2, 0.25) is 0 Å². The zero-order valence-electron chi connectivity index (χ0n) is 20.3. The van der Waals surface area contributed by atoms with Crippen molar-refractivity contribution < 1.29 is 14.4 Å². The van der Waals surface area contributed by atoms with Gasteiger partial charge in [-0.05, 0) is 49.8 Å². The summed E-state index contributed by atoms with van der Waals surface area (Å²) in [5.74, 6) is 0.423. The van der Waals surface area contributed by atoms with E-state index in [1.807, 2.05) is 47.9 Å². The monoisotopic (exact) mass is 463 g/mol. The molecule has 5 rings (SSSR count). The summed E-state index contributed by atoms with van der Waals surface area (Å²) < 4.78 is 0. The molecule has 0 N–H and O–H groups in total. The molecule has 4 aliphatic rings. The van der Waals surface area contributed by atoms with E-state index in [9.17, 15) is 19.6 Å². The van der Waals surface area contributed by atoms with Crippen LogP contribution in [0.15, 0.2) is 24.3 Å². The Morgan fingerprint density at radius 3 is 2.47 bits per heavy atom. The van der Waals surface area contributed by atoms with Crippen LogP contribution in [0, 0.1) is 23.2 Å². The summed E-state index contributed by atoms with van der Waals surface area (Å²) in [4.78, 5) is 46.1. The largest absolute Gasteiger partial charge is 0.345 e. The second-order valence-electron chi connectivity index (χ2n) is 10.7. The van der Waals surface area contributed by atoms with E-state index in [1.165, 1.54) is 0 Å². The van der Waals surface area contributed by atoms with Crippen molar-refractivity contribution >= 4 is 17.7 Å². The molecule has 2 bridgehead atoms. The van der Waals surface area contributed by atoms with Crippen LogP contribution in [0.25, 0.3) is 0 Å². The third kappa shape index (κ3) is 3.67. The number of piperidine rings is 1. The van der Waals surface area contributed by atoms with Crippen LogP contribution >= 0.6 is 0 Å². The normalized spacial score (nSPS) is 31.3. The first kappa shape index (κ1) is 22.9. The van der Waals surface area contributed by atoms with Crippen molar-refractivity contribution in [3.63, 3.8) is 0 Å². The highest BCUT2D eigenvalue weighted by atomic mass is 16.2. The summed E-state index contributed by atoms with van der Waals surface area (Å²) in [6, 6.07) is 9.66. The molecule has 180 valence electrons. The highest BCUT2D eigenvalue weighted by Gasteiger charge is 2.55. The van der Waals surface area contributed by atoms with E-state index >= 15 is 0 Å². The number of benzene rings is 1. The molecule has 8 nitrogen and oxygen atoms in total. The molecule has 1 saturated carbocycles. The Morgan fingerprint density at radius 1 is 1.15 bits per heavy atom. The molecule has 3 heterocycles. The Kier molecular flexibility index (Phi) is 5.64. The quantitative estimate of drug-likeness (QED) is 0.643. The van der Waals surface area contributed by atoms with Crippen LogP contribution in [0.3, 0.4) is 0 Å².